The molecule has 2 aromatic heterocycles. The number of tetrazole rings is 1. The number of hydrogen-bond donors (Lipinski definition) is 3. The number of aryl methyl sites for hydroxylation is 2. The predicted molar refractivity (Wildman–Crippen MR) is 159 cm³/mol. The van der Waals surface area contributed by atoms with Crippen molar-refractivity contribution in [3.63, 3.8) is 0 Å². The number of hydrogen-bond acceptors (Lipinski definition) is 6. The monoisotopic (exact) mass is 532 g/mol. The molecule has 40 heavy (non-hydrogen) atoms. The number of rotatable bonds is 9. The molecule has 0 aliphatic rings. The maximum Gasteiger partial charge on any atom is 0.323 e. The highest BCUT2D eigenvalue weighted by atomic mass is 16.2. The van der Waals surface area contributed by atoms with Crippen LogP contribution in [0.4, 0.5) is 22.0 Å². The van der Waals surface area contributed by atoms with Gasteiger partial charge in [0.15, 0.2) is 5.82 Å². The van der Waals surface area contributed by atoms with Crippen LogP contribution < -0.4 is 15.5 Å². The molecule has 3 aromatic carbocycles. The number of H-pyrrole nitrogens is 1. The lowest BCUT2D eigenvalue weighted by molar-refractivity contribution is 0.262. The first kappa shape index (κ1) is 26.6. The van der Waals surface area contributed by atoms with Crippen LogP contribution in [0.2, 0.25) is 0 Å². The van der Waals surface area contributed by atoms with Crippen molar-refractivity contribution >= 4 is 23.2 Å². The van der Waals surface area contributed by atoms with Crippen molar-refractivity contribution in [3.8, 4) is 22.6 Å². The maximum absolute atomic E-state index is 13.0. The van der Waals surface area contributed by atoms with Crippen LogP contribution in [0.5, 0.6) is 0 Å². The highest BCUT2D eigenvalue weighted by Gasteiger charge is 2.17. The number of nitrogens with one attached hydrogen (secondary N) is 3. The van der Waals surface area contributed by atoms with Crippen molar-refractivity contribution in [3.05, 3.63) is 102 Å². The number of aromatic nitrogens is 5. The molecule has 0 saturated heterocycles. The van der Waals surface area contributed by atoms with Crippen LogP contribution in [0.15, 0.2) is 84.9 Å². The van der Waals surface area contributed by atoms with Gasteiger partial charge in [-0.1, -0.05) is 72.6 Å². The summed E-state index contributed by atoms with van der Waals surface area (Å²) < 4.78 is 0. The van der Waals surface area contributed by atoms with E-state index in [4.69, 9.17) is 4.98 Å². The molecule has 0 aliphatic carbocycles. The summed E-state index contributed by atoms with van der Waals surface area (Å²) in [4.78, 5) is 20.4. The number of carbonyl (C=O) groups is 1. The molecule has 202 valence electrons. The molecule has 5 rings (SSSR count). The number of carbonyl (C=O) groups excluding carboxylic acids is 1. The highest BCUT2D eigenvalue weighted by molar-refractivity contribution is 6.00. The van der Waals surface area contributed by atoms with Gasteiger partial charge in [-0.15, -0.1) is 5.10 Å². The Hall–Kier alpha value is -5.05. The van der Waals surface area contributed by atoms with Gasteiger partial charge in [0.1, 0.15) is 5.82 Å². The van der Waals surface area contributed by atoms with Gasteiger partial charge >= 0.3 is 6.03 Å². The summed E-state index contributed by atoms with van der Waals surface area (Å²) in [6, 6.07) is 27.5. The molecule has 2 amide bonds. The number of anilines is 3. The van der Waals surface area contributed by atoms with Gasteiger partial charge in [0, 0.05) is 41.7 Å². The van der Waals surface area contributed by atoms with E-state index in [1.54, 1.807) is 0 Å². The molecule has 2 heterocycles. The van der Waals surface area contributed by atoms with Crippen molar-refractivity contribution in [2.24, 2.45) is 0 Å². The second-order valence-corrected chi connectivity index (χ2v) is 9.75. The third kappa shape index (κ3) is 6.50. The number of nitrogens with zero attached hydrogens (tertiary/aromatic N) is 5. The second-order valence-electron chi connectivity index (χ2n) is 9.75. The van der Waals surface area contributed by atoms with Crippen LogP contribution in [-0.4, -0.2) is 38.2 Å². The number of aromatic amines is 1. The minimum absolute atomic E-state index is 0.332. The van der Waals surface area contributed by atoms with E-state index in [9.17, 15) is 4.79 Å². The van der Waals surface area contributed by atoms with Crippen molar-refractivity contribution in [2.75, 3.05) is 22.1 Å². The smallest absolute Gasteiger partial charge is 0.323 e. The van der Waals surface area contributed by atoms with Crippen LogP contribution in [0.1, 0.15) is 30.0 Å². The van der Waals surface area contributed by atoms with E-state index in [1.807, 2.05) is 80.6 Å². The molecule has 9 nitrogen and oxygen atoms in total. The van der Waals surface area contributed by atoms with Crippen molar-refractivity contribution in [1.29, 1.82) is 0 Å². The molecule has 0 spiro atoms. The van der Waals surface area contributed by atoms with Crippen molar-refractivity contribution in [2.45, 2.75) is 33.7 Å². The molecule has 9 heteroatoms. The van der Waals surface area contributed by atoms with Crippen molar-refractivity contribution < 1.29 is 4.79 Å². The summed E-state index contributed by atoms with van der Waals surface area (Å²) in [6.45, 7) is 7.67. The minimum atomic E-state index is -0.332. The topological polar surface area (TPSA) is 112 Å². The van der Waals surface area contributed by atoms with E-state index in [0.717, 1.165) is 41.0 Å². The molecule has 5 aromatic rings. The quantitative estimate of drug-likeness (QED) is 0.197. The number of urea groups is 1. The first-order valence-corrected chi connectivity index (χ1v) is 13.3. The third-order valence-electron chi connectivity index (χ3n) is 6.46. The largest absolute Gasteiger partial charge is 0.352 e. The molecule has 0 aliphatic heterocycles. The lowest BCUT2D eigenvalue weighted by atomic mass is 10.00. The van der Waals surface area contributed by atoms with Crippen LogP contribution in [0.25, 0.3) is 22.6 Å². The molecule has 0 bridgehead atoms. The molecule has 0 fully saturated rings. The Labute approximate surface area is 233 Å². The minimum Gasteiger partial charge on any atom is -0.352 e. The van der Waals surface area contributed by atoms with Gasteiger partial charge in [-0.3, -0.25) is 0 Å². The van der Waals surface area contributed by atoms with E-state index in [1.165, 1.54) is 5.56 Å². The van der Waals surface area contributed by atoms with Crippen LogP contribution >= 0.6 is 0 Å². The average Bonchev–Trinajstić information content (AvgIpc) is 3.49. The Balaban J connectivity index is 1.56. The normalized spacial score (nSPS) is 10.8. The van der Waals surface area contributed by atoms with E-state index in [0.29, 0.717) is 29.4 Å². The van der Waals surface area contributed by atoms with E-state index < -0.39 is 0 Å². The fourth-order valence-electron chi connectivity index (χ4n) is 4.52. The molecular weight excluding hydrogens is 500 g/mol. The van der Waals surface area contributed by atoms with Gasteiger partial charge in [-0.05, 0) is 60.5 Å². The standard InChI is InChI=1S/C31H32N8O/c1-4-16-39(20-23-8-6-5-7-9-23)29-19-25(33-31(40)32-24-13-10-21(2)11-14-24)18-28(34-29)27-17-22(3)12-15-26(27)30-35-37-38-36-30/h5-15,17-19H,4,16,20H2,1-3H3,(H2,32,33,34,40)(H,35,36,37,38). The molecule has 0 unspecified atom stereocenters. The fourth-order valence-corrected chi connectivity index (χ4v) is 4.52. The zero-order chi connectivity index (χ0) is 27.9. The number of benzene rings is 3. The molecule has 0 atom stereocenters. The molecule has 3 N–H and O–H groups in total. The van der Waals surface area contributed by atoms with Gasteiger partial charge in [0.2, 0.25) is 0 Å². The first-order valence-electron chi connectivity index (χ1n) is 13.3. The molecule has 0 saturated carbocycles. The van der Waals surface area contributed by atoms with Crippen LogP contribution in [-0.2, 0) is 6.54 Å². The molecular formula is C31H32N8O. The summed E-state index contributed by atoms with van der Waals surface area (Å²) in [5, 5.41) is 20.5. The van der Waals surface area contributed by atoms with Gasteiger partial charge in [-0.25, -0.2) is 14.9 Å². The Morgan fingerprint density at radius 1 is 0.850 bits per heavy atom. The lowest BCUT2D eigenvalue weighted by Crippen LogP contribution is -2.25. The van der Waals surface area contributed by atoms with E-state index >= 15 is 0 Å². The van der Waals surface area contributed by atoms with Gasteiger partial charge in [0.25, 0.3) is 0 Å². The number of amides is 2. The summed E-state index contributed by atoms with van der Waals surface area (Å²) >= 11 is 0. The summed E-state index contributed by atoms with van der Waals surface area (Å²) in [7, 11) is 0. The van der Waals surface area contributed by atoms with Crippen molar-refractivity contribution in [1.82, 2.24) is 25.6 Å². The highest BCUT2D eigenvalue weighted by Crippen LogP contribution is 2.33. The number of pyridine rings is 1. The first-order chi connectivity index (χ1) is 19.5. The van der Waals surface area contributed by atoms with E-state index in [-0.39, 0.29) is 6.03 Å². The second kappa shape index (κ2) is 12.2. The predicted octanol–water partition coefficient (Wildman–Crippen LogP) is 6.61. The molecule has 0 radical (unpaired) electrons. The maximum atomic E-state index is 13.0. The van der Waals surface area contributed by atoms with Gasteiger partial charge < -0.3 is 15.5 Å². The summed E-state index contributed by atoms with van der Waals surface area (Å²) in [5.41, 5.74) is 7.10. The fraction of sp³-hybridized carbons (Fsp3) is 0.194. The Morgan fingerprint density at radius 2 is 1.60 bits per heavy atom. The summed E-state index contributed by atoms with van der Waals surface area (Å²) in [5.74, 6) is 1.31. The SMILES string of the molecule is CCCN(Cc1ccccc1)c1cc(NC(=O)Nc2ccc(C)cc2)cc(-c2cc(C)ccc2-c2nnn[nH]2)n1. The van der Waals surface area contributed by atoms with Gasteiger partial charge in [-0.2, -0.15) is 0 Å². The Kier molecular flexibility index (Phi) is 8.10. The third-order valence-corrected chi connectivity index (χ3v) is 6.46. The summed E-state index contributed by atoms with van der Waals surface area (Å²) in [6.07, 6.45) is 0.939. The van der Waals surface area contributed by atoms with Gasteiger partial charge in [0.05, 0.1) is 5.69 Å². The zero-order valence-electron chi connectivity index (χ0n) is 22.8. The van der Waals surface area contributed by atoms with E-state index in [2.05, 4.69) is 61.3 Å². The lowest BCUT2D eigenvalue weighted by Gasteiger charge is -2.25. The average molecular weight is 533 g/mol. The zero-order valence-corrected chi connectivity index (χ0v) is 22.8. The van der Waals surface area contributed by atoms with Crippen LogP contribution in [0, 0.1) is 13.8 Å². The van der Waals surface area contributed by atoms with Crippen LogP contribution in [0.3, 0.4) is 0 Å². The Bertz CT molecular complexity index is 1570. The Morgan fingerprint density at radius 3 is 2.33 bits per heavy atom.